The molecule has 1 amide bonds. The number of nitrogens with one attached hydrogen (secondary N) is 2. The molecule has 2 rings (SSSR count). The van der Waals surface area contributed by atoms with Crippen molar-refractivity contribution in [2.75, 3.05) is 30.9 Å². The molecule has 0 atom stereocenters. The van der Waals surface area contributed by atoms with E-state index in [1.165, 1.54) is 7.11 Å². The van der Waals surface area contributed by atoms with E-state index in [0.717, 1.165) is 31.0 Å². The molecule has 1 aliphatic rings. The lowest BCUT2D eigenvalue weighted by Crippen LogP contribution is -2.21. The number of hydrogen-bond acceptors (Lipinski definition) is 4. The first kappa shape index (κ1) is 9.97. The van der Waals surface area contributed by atoms with Crippen LogP contribution in [0.15, 0.2) is 6.20 Å². The number of ether oxygens (including phenoxy) is 1. The van der Waals surface area contributed by atoms with Gasteiger partial charge in [-0.05, 0) is 6.42 Å². The Morgan fingerprint density at radius 3 is 3.47 bits per heavy atom. The number of fused-ring (bicyclic) bond motifs is 1. The minimum absolute atomic E-state index is 0.0601. The number of hydrogen-bond donors (Lipinski definition) is 2. The Kier molecular flexibility index (Phi) is 2.86. The number of anilines is 2. The molecule has 6 heteroatoms. The molecule has 2 heterocycles. The van der Waals surface area contributed by atoms with E-state index in [-0.39, 0.29) is 12.5 Å². The van der Waals surface area contributed by atoms with Crippen molar-refractivity contribution in [3.05, 3.63) is 6.20 Å². The van der Waals surface area contributed by atoms with Crippen LogP contribution in [0, 0.1) is 0 Å². The quantitative estimate of drug-likeness (QED) is 0.752. The Morgan fingerprint density at radius 1 is 1.80 bits per heavy atom. The average Bonchev–Trinajstić information content (AvgIpc) is 2.62. The van der Waals surface area contributed by atoms with Gasteiger partial charge in [0.05, 0.1) is 6.20 Å². The smallest absolute Gasteiger partial charge is 0.250 e. The molecule has 1 aromatic rings. The van der Waals surface area contributed by atoms with E-state index in [9.17, 15) is 4.79 Å². The van der Waals surface area contributed by atoms with Crippen molar-refractivity contribution in [1.82, 2.24) is 9.78 Å². The van der Waals surface area contributed by atoms with Crippen LogP contribution in [0.5, 0.6) is 0 Å². The standard InChI is InChI=1S/C9H14N4O2/c1-15-6-8(14)12-7-5-11-13-4-2-3-10-9(7)13/h5,10H,2-4,6H2,1H3,(H,12,14). The van der Waals surface area contributed by atoms with Crippen LogP contribution < -0.4 is 10.6 Å². The number of methoxy groups -OCH3 is 1. The SMILES string of the molecule is COCC(=O)Nc1cnn2c1NCCC2. The second-order valence-corrected chi connectivity index (χ2v) is 3.39. The molecule has 0 fully saturated rings. The predicted octanol–water partition coefficient (Wildman–Crippen LogP) is 0.284. The Labute approximate surface area is 87.6 Å². The van der Waals surface area contributed by atoms with Gasteiger partial charge in [-0.1, -0.05) is 0 Å². The van der Waals surface area contributed by atoms with Gasteiger partial charge in [0, 0.05) is 20.2 Å². The van der Waals surface area contributed by atoms with E-state index in [2.05, 4.69) is 15.7 Å². The Hall–Kier alpha value is -1.56. The molecule has 0 spiro atoms. The summed E-state index contributed by atoms with van der Waals surface area (Å²) >= 11 is 0. The summed E-state index contributed by atoms with van der Waals surface area (Å²) in [5.74, 6) is 0.714. The Bertz CT molecular complexity index is 361. The van der Waals surface area contributed by atoms with Crippen molar-refractivity contribution in [2.45, 2.75) is 13.0 Å². The fourth-order valence-corrected chi connectivity index (χ4v) is 1.59. The zero-order chi connectivity index (χ0) is 10.7. The van der Waals surface area contributed by atoms with Crippen molar-refractivity contribution in [1.29, 1.82) is 0 Å². The molecule has 6 nitrogen and oxygen atoms in total. The van der Waals surface area contributed by atoms with Gasteiger partial charge in [0.15, 0.2) is 0 Å². The van der Waals surface area contributed by atoms with Gasteiger partial charge in [0.2, 0.25) is 5.91 Å². The number of rotatable bonds is 3. The second-order valence-electron chi connectivity index (χ2n) is 3.39. The molecular weight excluding hydrogens is 196 g/mol. The summed E-state index contributed by atoms with van der Waals surface area (Å²) in [6.07, 6.45) is 2.71. The minimum atomic E-state index is -0.166. The highest BCUT2D eigenvalue weighted by atomic mass is 16.5. The van der Waals surface area contributed by atoms with Gasteiger partial charge in [-0.3, -0.25) is 4.79 Å². The van der Waals surface area contributed by atoms with Crippen LogP contribution in [0.4, 0.5) is 11.5 Å². The number of nitrogens with zero attached hydrogens (tertiary/aromatic N) is 2. The van der Waals surface area contributed by atoms with E-state index in [1.807, 2.05) is 4.68 Å². The molecule has 2 N–H and O–H groups in total. The Balaban J connectivity index is 2.08. The van der Waals surface area contributed by atoms with E-state index in [0.29, 0.717) is 0 Å². The first-order chi connectivity index (χ1) is 7.31. The molecule has 82 valence electrons. The van der Waals surface area contributed by atoms with Gasteiger partial charge in [-0.25, -0.2) is 4.68 Å². The van der Waals surface area contributed by atoms with Crippen LogP contribution in [0.2, 0.25) is 0 Å². The molecule has 0 unspecified atom stereocenters. The van der Waals surface area contributed by atoms with Crippen molar-refractivity contribution < 1.29 is 9.53 Å². The van der Waals surface area contributed by atoms with Crippen molar-refractivity contribution in [3.8, 4) is 0 Å². The lowest BCUT2D eigenvalue weighted by atomic mass is 10.3. The van der Waals surface area contributed by atoms with Crippen LogP contribution >= 0.6 is 0 Å². The van der Waals surface area contributed by atoms with Gasteiger partial charge in [0.25, 0.3) is 0 Å². The maximum Gasteiger partial charge on any atom is 0.250 e. The van der Waals surface area contributed by atoms with Gasteiger partial charge in [-0.2, -0.15) is 5.10 Å². The van der Waals surface area contributed by atoms with Crippen LogP contribution in [0.3, 0.4) is 0 Å². The highest BCUT2D eigenvalue weighted by Gasteiger charge is 2.15. The largest absolute Gasteiger partial charge is 0.375 e. The van der Waals surface area contributed by atoms with Crippen LogP contribution in [0.1, 0.15) is 6.42 Å². The normalized spacial score (nSPS) is 14.2. The lowest BCUT2D eigenvalue weighted by Gasteiger charge is -2.16. The maximum atomic E-state index is 11.3. The van der Waals surface area contributed by atoms with Crippen molar-refractivity contribution in [3.63, 3.8) is 0 Å². The first-order valence-corrected chi connectivity index (χ1v) is 4.89. The highest BCUT2D eigenvalue weighted by molar-refractivity contribution is 5.94. The summed E-state index contributed by atoms with van der Waals surface area (Å²) in [6.45, 7) is 1.87. The lowest BCUT2D eigenvalue weighted by molar-refractivity contribution is -0.119. The molecule has 0 aromatic carbocycles. The number of carbonyl (C=O) groups is 1. The average molecular weight is 210 g/mol. The predicted molar refractivity (Wildman–Crippen MR) is 55.8 cm³/mol. The summed E-state index contributed by atoms with van der Waals surface area (Å²) in [6, 6.07) is 0. The molecule has 1 aliphatic heterocycles. The molecule has 0 saturated heterocycles. The van der Waals surface area contributed by atoms with Crippen molar-refractivity contribution in [2.24, 2.45) is 0 Å². The number of aromatic nitrogens is 2. The Morgan fingerprint density at radius 2 is 2.67 bits per heavy atom. The zero-order valence-electron chi connectivity index (χ0n) is 8.62. The van der Waals surface area contributed by atoms with E-state index >= 15 is 0 Å². The molecule has 1 aromatic heterocycles. The van der Waals surface area contributed by atoms with Gasteiger partial charge < -0.3 is 15.4 Å². The zero-order valence-corrected chi connectivity index (χ0v) is 8.62. The molecule has 0 bridgehead atoms. The third-order valence-corrected chi connectivity index (χ3v) is 2.23. The van der Waals surface area contributed by atoms with E-state index in [1.54, 1.807) is 6.20 Å². The fourth-order valence-electron chi connectivity index (χ4n) is 1.59. The third-order valence-electron chi connectivity index (χ3n) is 2.23. The number of carbonyl (C=O) groups excluding carboxylic acids is 1. The maximum absolute atomic E-state index is 11.3. The van der Waals surface area contributed by atoms with Crippen molar-refractivity contribution >= 4 is 17.4 Å². The second kappa shape index (κ2) is 4.31. The number of aryl methyl sites for hydroxylation is 1. The van der Waals surface area contributed by atoms with Gasteiger partial charge >= 0.3 is 0 Å². The summed E-state index contributed by atoms with van der Waals surface area (Å²) in [5, 5.41) is 10.1. The minimum Gasteiger partial charge on any atom is -0.375 e. The summed E-state index contributed by atoms with van der Waals surface area (Å²) < 4.78 is 6.59. The van der Waals surface area contributed by atoms with Gasteiger partial charge in [0.1, 0.15) is 18.1 Å². The summed E-state index contributed by atoms with van der Waals surface area (Å²) in [5.41, 5.74) is 0.719. The van der Waals surface area contributed by atoms with Crippen LogP contribution in [0.25, 0.3) is 0 Å². The molecule has 0 aliphatic carbocycles. The molecular formula is C9H14N4O2. The monoisotopic (exact) mass is 210 g/mol. The van der Waals surface area contributed by atoms with Gasteiger partial charge in [-0.15, -0.1) is 0 Å². The third kappa shape index (κ3) is 2.10. The molecule has 0 radical (unpaired) electrons. The topological polar surface area (TPSA) is 68.2 Å². The molecule has 15 heavy (non-hydrogen) atoms. The fraction of sp³-hybridized carbons (Fsp3) is 0.556. The molecule has 0 saturated carbocycles. The summed E-state index contributed by atoms with van der Waals surface area (Å²) in [7, 11) is 1.49. The first-order valence-electron chi connectivity index (χ1n) is 4.89. The highest BCUT2D eigenvalue weighted by Crippen LogP contribution is 2.23. The van der Waals surface area contributed by atoms with E-state index in [4.69, 9.17) is 4.74 Å². The van der Waals surface area contributed by atoms with Crippen LogP contribution in [-0.4, -0.2) is 35.9 Å². The van der Waals surface area contributed by atoms with E-state index < -0.39 is 0 Å². The van der Waals surface area contributed by atoms with Crippen LogP contribution in [-0.2, 0) is 16.1 Å². The summed E-state index contributed by atoms with van der Waals surface area (Å²) in [4.78, 5) is 11.3. The number of amides is 1.